The van der Waals surface area contributed by atoms with Gasteiger partial charge in [-0.15, -0.1) is 0 Å². The maximum absolute atomic E-state index is 14.0. The molecule has 2 aliphatic heterocycles. The van der Waals surface area contributed by atoms with Gasteiger partial charge in [0.2, 0.25) is 5.91 Å². The molecule has 1 N–H and O–H groups in total. The van der Waals surface area contributed by atoms with Crippen LogP contribution in [0.2, 0.25) is 0 Å². The van der Waals surface area contributed by atoms with Gasteiger partial charge in [0.1, 0.15) is 17.5 Å². The SMILES string of the molecule is CCOc1ccc(N2C(=O)C3C(c4cc(OC)c(OC)cc4OC)NN(C(=O)c4cccc(Br)c4)C3C2=O)cc1. The van der Waals surface area contributed by atoms with Crippen LogP contribution in [0.5, 0.6) is 23.0 Å². The largest absolute Gasteiger partial charge is 0.496 e. The van der Waals surface area contributed by atoms with Gasteiger partial charge in [0, 0.05) is 21.7 Å². The summed E-state index contributed by atoms with van der Waals surface area (Å²) in [5.74, 6) is -0.486. The maximum atomic E-state index is 14.0. The van der Waals surface area contributed by atoms with Crippen LogP contribution in [0.1, 0.15) is 28.9 Å². The number of methoxy groups -OCH3 is 3. The average molecular weight is 610 g/mol. The molecule has 11 heteroatoms. The van der Waals surface area contributed by atoms with Crippen LogP contribution < -0.4 is 29.3 Å². The van der Waals surface area contributed by atoms with Crippen LogP contribution in [-0.2, 0) is 9.59 Å². The topological polar surface area (TPSA) is 107 Å². The van der Waals surface area contributed by atoms with E-state index in [1.807, 2.05) is 6.92 Å². The standard InChI is InChI=1S/C29H28BrN3O7/c1-5-40-19-11-9-18(10-12-19)32-28(35)24-25(20-14-22(38-3)23(39-4)15-21(20)37-2)31-33(26(24)29(32)36)27(34)16-7-6-8-17(30)13-16/h6-15,24-26,31H,5H2,1-4H3. The number of hydrogen-bond acceptors (Lipinski definition) is 8. The van der Waals surface area contributed by atoms with Crippen LogP contribution in [-0.4, -0.2) is 56.7 Å². The first-order valence-corrected chi connectivity index (χ1v) is 13.4. The fourth-order valence-electron chi connectivity index (χ4n) is 5.20. The van der Waals surface area contributed by atoms with Crippen molar-refractivity contribution in [1.82, 2.24) is 10.4 Å². The highest BCUT2D eigenvalue weighted by Gasteiger charge is 2.61. The molecule has 0 bridgehead atoms. The number of nitrogens with zero attached hydrogens (tertiary/aromatic N) is 2. The van der Waals surface area contributed by atoms with Gasteiger partial charge in [-0.3, -0.25) is 19.4 Å². The molecule has 2 saturated heterocycles. The van der Waals surface area contributed by atoms with E-state index in [2.05, 4.69) is 21.4 Å². The third-order valence-electron chi connectivity index (χ3n) is 7.00. The molecular weight excluding hydrogens is 582 g/mol. The number of hydrazine groups is 1. The Balaban J connectivity index is 1.61. The van der Waals surface area contributed by atoms with Crippen LogP contribution >= 0.6 is 15.9 Å². The monoisotopic (exact) mass is 609 g/mol. The summed E-state index contributed by atoms with van der Waals surface area (Å²) in [7, 11) is 4.50. The van der Waals surface area contributed by atoms with Gasteiger partial charge in [0.25, 0.3) is 11.8 Å². The van der Waals surface area contributed by atoms with E-state index >= 15 is 0 Å². The Bertz CT molecular complexity index is 1460. The van der Waals surface area contributed by atoms with Crippen molar-refractivity contribution in [3.05, 3.63) is 76.3 Å². The van der Waals surface area contributed by atoms with Gasteiger partial charge >= 0.3 is 0 Å². The number of amides is 3. The van der Waals surface area contributed by atoms with E-state index in [1.54, 1.807) is 60.7 Å². The molecule has 3 aromatic rings. The lowest BCUT2D eigenvalue weighted by Crippen LogP contribution is -2.48. The zero-order valence-corrected chi connectivity index (χ0v) is 23.9. The molecule has 3 unspecified atom stereocenters. The molecule has 3 amide bonds. The van der Waals surface area contributed by atoms with E-state index in [4.69, 9.17) is 18.9 Å². The van der Waals surface area contributed by atoms with Crippen molar-refractivity contribution in [1.29, 1.82) is 0 Å². The Kier molecular flexibility index (Phi) is 7.68. The van der Waals surface area contributed by atoms with Gasteiger partial charge in [-0.2, -0.15) is 0 Å². The molecule has 3 atom stereocenters. The Morgan fingerprint density at radius 1 is 0.900 bits per heavy atom. The normalized spacial score (nSPS) is 20.0. The van der Waals surface area contributed by atoms with E-state index in [9.17, 15) is 14.4 Å². The minimum atomic E-state index is -1.10. The Morgan fingerprint density at radius 3 is 2.20 bits per heavy atom. The lowest BCUT2D eigenvalue weighted by molar-refractivity contribution is -0.123. The highest BCUT2D eigenvalue weighted by atomic mass is 79.9. The zero-order chi connectivity index (χ0) is 28.6. The van der Waals surface area contributed by atoms with Crippen molar-refractivity contribution in [2.45, 2.75) is 19.0 Å². The molecule has 0 spiro atoms. The summed E-state index contributed by atoms with van der Waals surface area (Å²) in [6.07, 6.45) is 0. The number of anilines is 1. The number of carbonyl (C=O) groups is 3. The maximum Gasteiger partial charge on any atom is 0.268 e. The number of carbonyl (C=O) groups excluding carboxylic acids is 3. The van der Waals surface area contributed by atoms with Crippen LogP contribution in [0, 0.1) is 5.92 Å². The number of benzene rings is 3. The average Bonchev–Trinajstić information content (AvgIpc) is 3.48. The summed E-state index contributed by atoms with van der Waals surface area (Å²) in [4.78, 5) is 42.9. The molecule has 2 heterocycles. The summed E-state index contributed by atoms with van der Waals surface area (Å²) >= 11 is 3.40. The van der Waals surface area contributed by atoms with Gasteiger partial charge in [0.15, 0.2) is 11.5 Å². The van der Waals surface area contributed by atoms with Crippen molar-refractivity contribution in [2.75, 3.05) is 32.8 Å². The molecule has 0 aliphatic carbocycles. The number of hydrogen-bond donors (Lipinski definition) is 1. The molecule has 0 aromatic heterocycles. The molecule has 3 aromatic carbocycles. The molecule has 40 heavy (non-hydrogen) atoms. The lowest BCUT2D eigenvalue weighted by Gasteiger charge is -2.26. The second kappa shape index (κ2) is 11.2. The van der Waals surface area contributed by atoms with Gasteiger partial charge < -0.3 is 18.9 Å². The predicted octanol–water partition coefficient (Wildman–Crippen LogP) is 4.13. The van der Waals surface area contributed by atoms with Crippen LogP contribution in [0.25, 0.3) is 0 Å². The lowest BCUT2D eigenvalue weighted by atomic mass is 9.90. The van der Waals surface area contributed by atoms with Crippen LogP contribution in [0.15, 0.2) is 65.1 Å². The van der Waals surface area contributed by atoms with Gasteiger partial charge in [0.05, 0.1) is 45.6 Å². The second-order valence-corrected chi connectivity index (χ2v) is 10.1. The highest BCUT2D eigenvalue weighted by molar-refractivity contribution is 9.10. The Morgan fingerprint density at radius 2 is 1.57 bits per heavy atom. The van der Waals surface area contributed by atoms with Gasteiger partial charge in [-0.25, -0.2) is 10.3 Å². The minimum absolute atomic E-state index is 0.348. The van der Waals surface area contributed by atoms with Crippen molar-refractivity contribution in [3.63, 3.8) is 0 Å². The number of ether oxygens (including phenoxy) is 4. The number of fused-ring (bicyclic) bond motifs is 1. The number of nitrogens with one attached hydrogen (secondary N) is 1. The zero-order valence-electron chi connectivity index (χ0n) is 22.3. The summed E-state index contributed by atoms with van der Waals surface area (Å²) < 4.78 is 22.8. The summed E-state index contributed by atoms with van der Waals surface area (Å²) in [5, 5.41) is 1.25. The molecule has 208 valence electrons. The Labute approximate surface area is 239 Å². The first-order chi connectivity index (χ1) is 19.3. The molecule has 10 nitrogen and oxygen atoms in total. The number of rotatable bonds is 8. The van der Waals surface area contributed by atoms with Crippen molar-refractivity contribution in [2.24, 2.45) is 5.92 Å². The minimum Gasteiger partial charge on any atom is -0.496 e. The van der Waals surface area contributed by atoms with Gasteiger partial charge in [-0.05, 0) is 55.5 Å². The van der Waals surface area contributed by atoms with E-state index in [-0.39, 0.29) is 0 Å². The molecule has 2 fully saturated rings. The summed E-state index contributed by atoms with van der Waals surface area (Å²) in [6, 6.07) is 15.0. The summed E-state index contributed by atoms with van der Waals surface area (Å²) in [5.41, 5.74) is 4.43. The van der Waals surface area contributed by atoms with Crippen molar-refractivity contribution >= 4 is 39.3 Å². The van der Waals surface area contributed by atoms with Crippen LogP contribution in [0.3, 0.4) is 0 Å². The van der Waals surface area contributed by atoms with Crippen molar-refractivity contribution < 1.29 is 33.3 Å². The van der Waals surface area contributed by atoms with E-state index in [0.717, 1.165) is 4.90 Å². The third-order valence-corrected chi connectivity index (χ3v) is 7.50. The first kappa shape index (κ1) is 27.5. The first-order valence-electron chi connectivity index (χ1n) is 12.6. The highest BCUT2D eigenvalue weighted by Crippen LogP contribution is 2.47. The molecule has 2 aliphatic rings. The fourth-order valence-corrected chi connectivity index (χ4v) is 5.60. The molecule has 0 radical (unpaired) electrons. The number of imide groups is 1. The molecule has 5 rings (SSSR count). The quantitative estimate of drug-likeness (QED) is 0.380. The fraction of sp³-hybridized carbons (Fsp3) is 0.276. The third kappa shape index (κ3) is 4.65. The van der Waals surface area contributed by atoms with E-state index < -0.39 is 35.7 Å². The second-order valence-electron chi connectivity index (χ2n) is 9.15. The summed E-state index contributed by atoms with van der Waals surface area (Å²) in [6.45, 7) is 2.35. The van der Waals surface area contributed by atoms with Gasteiger partial charge in [-0.1, -0.05) is 22.0 Å². The molecule has 0 saturated carbocycles. The molecular formula is C29H28BrN3O7. The predicted molar refractivity (Wildman–Crippen MR) is 150 cm³/mol. The number of halogens is 1. The van der Waals surface area contributed by atoms with Crippen LogP contribution in [0.4, 0.5) is 5.69 Å². The van der Waals surface area contributed by atoms with E-state index in [0.29, 0.717) is 50.9 Å². The smallest absolute Gasteiger partial charge is 0.268 e. The van der Waals surface area contributed by atoms with Crippen molar-refractivity contribution in [3.8, 4) is 23.0 Å². The Hall–Kier alpha value is -4.09. The van der Waals surface area contributed by atoms with E-state index in [1.165, 1.54) is 26.3 Å².